The lowest BCUT2D eigenvalue weighted by Crippen LogP contribution is -2.58. The molecule has 2 unspecified atom stereocenters. The number of carbonyl (C=O) groups excluding carboxylic acids is 1. The molecule has 5 heteroatoms. The molecule has 4 nitrogen and oxygen atoms in total. The van der Waals surface area contributed by atoms with Gasteiger partial charge in [-0.15, -0.1) is 0 Å². The van der Waals surface area contributed by atoms with Crippen LogP contribution in [0.5, 0.6) is 0 Å². The van der Waals surface area contributed by atoms with E-state index in [0.29, 0.717) is 12.3 Å². The van der Waals surface area contributed by atoms with E-state index in [9.17, 15) is 14.7 Å². The fraction of sp³-hybridized carbons (Fsp3) is 0.529. The normalized spacial score (nSPS) is 27.7. The molecular formula is C17H24NO3S+. The van der Waals surface area contributed by atoms with Crippen molar-refractivity contribution in [3.8, 4) is 0 Å². The van der Waals surface area contributed by atoms with Crippen molar-refractivity contribution in [2.24, 2.45) is 5.92 Å². The first-order valence-electron chi connectivity index (χ1n) is 7.80. The van der Waals surface area contributed by atoms with E-state index in [4.69, 9.17) is 0 Å². The smallest absolute Gasteiger partial charge is 0.435 e. The minimum Gasteiger partial charge on any atom is -0.435 e. The van der Waals surface area contributed by atoms with Crippen molar-refractivity contribution in [3.63, 3.8) is 0 Å². The molecule has 0 spiro atoms. The van der Waals surface area contributed by atoms with Crippen LogP contribution in [0.2, 0.25) is 0 Å². The molecule has 0 aromatic heterocycles. The van der Waals surface area contributed by atoms with E-state index in [-0.39, 0.29) is 24.3 Å². The topological polar surface area (TPSA) is 54.4 Å². The zero-order valence-electron chi connectivity index (χ0n) is 12.9. The Kier molecular flexibility index (Phi) is 5.64. The molecule has 1 fully saturated rings. The molecule has 2 amide bonds. The molecule has 0 radical (unpaired) electrons. The largest absolute Gasteiger partial charge is 0.521 e. The van der Waals surface area contributed by atoms with E-state index < -0.39 is 10.6 Å². The van der Waals surface area contributed by atoms with Gasteiger partial charge in [0.25, 0.3) is 0 Å². The lowest BCUT2D eigenvalue weighted by atomic mass is 9.97. The number of carbonyl (C=O) groups is 2. The van der Waals surface area contributed by atoms with Gasteiger partial charge in [0.05, 0.1) is 13.0 Å². The quantitative estimate of drug-likeness (QED) is 0.645. The minimum absolute atomic E-state index is 0.161. The van der Waals surface area contributed by atoms with Gasteiger partial charge >= 0.3 is 12.0 Å². The number of likely N-dealkylation sites (tertiary alicyclic amines) is 1. The van der Waals surface area contributed by atoms with Gasteiger partial charge in [-0.2, -0.15) is 21.9 Å². The summed E-state index contributed by atoms with van der Waals surface area (Å²) in [6, 6.07) is 10.0. The number of quaternary nitrogens is 1. The summed E-state index contributed by atoms with van der Waals surface area (Å²) in [6.07, 6.45) is 1.85. The van der Waals surface area contributed by atoms with Crippen LogP contribution in [0.3, 0.4) is 0 Å². The predicted octanol–water partition coefficient (Wildman–Crippen LogP) is 3.37. The molecule has 0 aliphatic carbocycles. The first kappa shape index (κ1) is 17.0. The van der Waals surface area contributed by atoms with Gasteiger partial charge in [0.1, 0.15) is 6.04 Å². The van der Waals surface area contributed by atoms with Gasteiger partial charge in [-0.1, -0.05) is 30.3 Å². The Morgan fingerprint density at radius 2 is 2.00 bits per heavy atom. The van der Waals surface area contributed by atoms with Gasteiger partial charge < -0.3 is 5.11 Å². The first-order chi connectivity index (χ1) is 10.5. The molecule has 1 aliphatic heterocycles. The molecule has 2 rings (SSSR count). The summed E-state index contributed by atoms with van der Waals surface area (Å²) >= 11 is 4.08. The number of thiol groups is 1. The first-order valence-corrected chi connectivity index (χ1v) is 8.43. The molecule has 0 saturated carbocycles. The van der Waals surface area contributed by atoms with Gasteiger partial charge in [0.2, 0.25) is 0 Å². The van der Waals surface area contributed by atoms with Crippen molar-refractivity contribution in [2.45, 2.75) is 38.6 Å². The van der Waals surface area contributed by atoms with Crippen LogP contribution in [0.1, 0.15) is 31.7 Å². The summed E-state index contributed by atoms with van der Waals surface area (Å²) in [6.45, 7) is 2.29. The Morgan fingerprint density at radius 1 is 1.32 bits per heavy atom. The number of imide groups is 1. The maximum absolute atomic E-state index is 12.4. The standard InChI is InChI=1S/C17H23NO3S/c1-13-11-15(8-7-14-5-3-2-4-6-14)12-18(13,17(20)21)16(19)9-10-22/h2-6,13,15H,7-12H2,1H3,(H-,20,21,22)/p+1/t13?,15-,18?/m0/s1. The van der Waals surface area contributed by atoms with E-state index in [1.807, 2.05) is 25.1 Å². The van der Waals surface area contributed by atoms with Crippen LogP contribution in [0.25, 0.3) is 0 Å². The van der Waals surface area contributed by atoms with Crippen molar-refractivity contribution in [3.05, 3.63) is 35.9 Å². The highest BCUT2D eigenvalue weighted by atomic mass is 32.1. The number of carboxylic acid groups (broad SMARTS) is 1. The fourth-order valence-corrected chi connectivity index (χ4v) is 3.76. The van der Waals surface area contributed by atoms with Crippen molar-refractivity contribution in [1.82, 2.24) is 0 Å². The second kappa shape index (κ2) is 7.29. The lowest BCUT2D eigenvalue weighted by molar-refractivity contribution is -0.794. The number of hydrogen-bond acceptors (Lipinski definition) is 3. The second-order valence-electron chi connectivity index (χ2n) is 6.18. The Labute approximate surface area is 137 Å². The van der Waals surface area contributed by atoms with Gasteiger partial charge in [-0.05, 0) is 25.3 Å². The zero-order valence-corrected chi connectivity index (χ0v) is 13.8. The fourth-order valence-electron chi connectivity index (χ4n) is 3.56. The highest BCUT2D eigenvalue weighted by molar-refractivity contribution is 7.80. The van der Waals surface area contributed by atoms with E-state index in [1.165, 1.54) is 5.56 Å². The minimum atomic E-state index is -1.01. The van der Waals surface area contributed by atoms with Gasteiger partial charge in [-0.25, -0.2) is 4.79 Å². The van der Waals surface area contributed by atoms with Crippen molar-refractivity contribution in [1.29, 1.82) is 0 Å². The number of hydrogen-bond donors (Lipinski definition) is 2. The lowest BCUT2D eigenvalue weighted by Gasteiger charge is -2.29. The Balaban J connectivity index is 2.06. The number of nitrogens with zero attached hydrogens (tertiary/aromatic N) is 1. The van der Waals surface area contributed by atoms with Crippen LogP contribution in [-0.4, -0.2) is 39.9 Å². The maximum atomic E-state index is 12.4. The summed E-state index contributed by atoms with van der Waals surface area (Å²) in [5, 5.41) is 9.66. The predicted molar refractivity (Wildman–Crippen MR) is 89.0 cm³/mol. The number of aryl methyl sites for hydroxylation is 1. The monoisotopic (exact) mass is 322 g/mol. The molecule has 0 bridgehead atoms. The van der Waals surface area contributed by atoms with E-state index in [2.05, 4.69) is 24.8 Å². The molecule has 1 N–H and O–H groups in total. The van der Waals surface area contributed by atoms with E-state index >= 15 is 0 Å². The van der Waals surface area contributed by atoms with Gasteiger partial charge in [0, 0.05) is 18.1 Å². The van der Waals surface area contributed by atoms with Gasteiger partial charge in [-0.3, -0.25) is 0 Å². The van der Waals surface area contributed by atoms with E-state index in [1.54, 1.807) is 0 Å². The SMILES string of the molecule is CC1C[C@H](CCc2ccccc2)C[N+]1(C(=O)O)C(=O)CCS. The zero-order chi connectivity index (χ0) is 16.2. The van der Waals surface area contributed by atoms with Gasteiger partial charge in [0.15, 0.2) is 0 Å². The summed E-state index contributed by atoms with van der Waals surface area (Å²) in [7, 11) is 0. The summed E-state index contributed by atoms with van der Waals surface area (Å²) in [5.74, 6) is 0.459. The average molecular weight is 322 g/mol. The summed E-state index contributed by atoms with van der Waals surface area (Å²) < 4.78 is -0.417. The molecule has 3 atom stereocenters. The molecule has 1 aromatic rings. The molecule has 120 valence electrons. The Morgan fingerprint density at radius 3 is 2.59 bits per heavy atom. The Hall–Kier alpha value is -1.33. The van der Waals surface area contributed by atoms with Crippen LogP contribution < -0.4 is 0 Å². The third kappa shape index (κ3) is 3.36. The highest BCUT2D eigenvalue weighted by Crippen LogP contribution is 2.35. The molecule has 1 aromatic carbocycles. The maximum Gasteiger partial charge on any atom is 0.521 e. The number of benzene rings is 1. The third-order valence-corrected chi connectivity index (χ3v) is 4.99. The molecule has 22 heavy (non-hydrogen) atoms. The van der Waals surface area contributed by atoms with Crippen LogP contribution in [0.15, 0.2) is 30.3 Å². The molecule has 1 saturated heterocycles. The highest BCUT2D eigenvalue weighted by Gasteiger charge is 2.55. The molecule has 1 aliphatic rings. The van der Waals surface area contributed by atoms with Crippen molar-refractivity contribution < 1.29 is 19.2 Å². The molecule has 1 heterocycles. The van der Waals surface area contributed by atoms with Crippen LogP contribution in [0, 0.1) is 5.92 Å². The van der Waals surface area contributed by atoms with E-state index in [0.717, 1.165) is 19.3 Å². The molecular weight excluding hydrogens is 298 g/mol. The van der Waals surface area contributed by atoms with Crippen molar-refractivity contribution >= 4 is 24.6 Å². The summed E-state index contributed by atoms with van der Waals surface area (Å²) in [5.41, 5.74) is 1.26. The van der Waals surface area contributed by atoms with Crippen LogP contribution in [-0.2, 0) is 11.2 Å². The summed E-state index contributed by atoms with van der Waals surface area (Å²) in [4.78, 5) is 24.2. The number of rotatable bonds is 5. The van der Waals surface area contributed by atoms with Crippen LogP contribution in [0.4, 0.5) is 4.79 Å². The second-order valence-corrected chi connectivity index (χ2v) is 6.62. The van der Waals surface area contributed by atoms with Crippen molar-refractivity contribution in [2.75, 3.05) is 12.3 Å². The Bertz CT molecular complexity index is 534. The van der Waals surface area contributed by atoms with Crippen LogP contribution >= 0.6 is 12.6 Å². The average Bonchev–Trinajstić information content (AvgIpc) is 2.84. The third-order valence-electron chi connectivity index (χ3n) is 4.77. The number of amides is 2.